The Morgan fingerprint density at radius 2 is 1.59 bits per heavy atom. The molecular weight excluding hydrogens is 215 g/mol. The molecule has 0 saturated carbocycles. The van der Waals surface area contributed by atoms with Crippen LogP contribution >= 0.6 is 0 Å². The van der Waals surface area contributed by atoms with Crippen LogP contribution in [0.1, 0.15) is 16.7 Å². The first kappa shape index (κ1) is 11.8. The predicted molar refractivity (Wildman–Crippen MR) is 66.2 cm³/mol. The van der Waals surface area contributed by atoms with Gasteiger partial charge in [-0.2, -0.15) is 0 Å². The van der Waals surface area contributed by atoms with E-state index in [1.807, 2.05) is 24.3 Å². The summed E-state index contributed by atoms with van der Waals surface area (Å²) in [6.07, 6.45) is 1.71. The fourth-order valence-corrected chi connectivity index (χ4v) is 1.81. The highest BCUT2D eigenvalue weighted by Crippen LogP contribution is 2.13. The molecule has 0 aromatic heterocycles. The van der Waals surface area contributed by atoms with E-state index in [1.165, 1.54) is 11.6 Å². The van der Waals surface area contributed by atoms with Gasteiger partial charge >= 0.3 is 0 Å². The van der Waals surface area contributed by atoms with Crippen LogP contribution in [0.25, 0.3) is 0 Å². The van der Waals surface area contributed by atoms with Gasteiger partial charge in [-0.1, -0.05) is 42.5 Å². The van der Waals surface area contributed by atoms with Crippen LogP contribution in [0.2, 0.25) is 0 Å². The molecular formula is C15H15FO. The molecule has 0 unspecified atom stereocenters. The van der Waals surface area contributed by atoms with Crippen LogP contribution in [-0.2, 0) is 19.4 Å². The lowest BCUT2D eigenvalue weighted by Gasteiger charge is -2.04. The molecule has 0 aliphatic rings. The summed E-state index contributed by atoms with van der Waals surface area (Å²) in [6.45, 7) is -0.245. The van der Waals surface area contributed by atoms with E-state index in [-0.39, 0.29) is 12.4 Å². The summed E-state index contributed by atoms with van der Waals surface area (Å²) >= 11 is 0. The topological polar surface area (TPSA) is 20.2 Å². The minimum absolute atomic E-state index is 0.245. The Hall–Kier alpha value is -1.67. The standard InChI is InChI=1S/C15H15FO/c16-15-10-13(8-9-14(15)11-17)7-6-12-4-2-1-3-5-12/h1-5,8-10,17H,6-7,11H2. The van der Waals surface area contributed by atoms with Gasteiger partial charge in [0, 0.05) is 5.56 Å². The van der Waals surface area contributed by atoms with Gasteiger partial charge in [-0.3, -0.25) is 0 Å². The number of aliphatic hydroxyl groups excluding tert-OH is 1. The molecule has 0 saturated heterocycles. The molecule has 2 aromatic carbocycles. The summed E-state index contributed by atoms with van der Waals surface area (Å²) in [5, 5.41) is 8.88. The van der Waals surface area contributed by atoms with Gasteiger partial charge < -0.3 is 5.11 Å². The fourth-order valence-electron chi connectivity index (χ4n) is 1.81. The summed E-state index contributed by atoms with van der Waals surface area (Å²) in [7, 11) is 0. The van der Waals surface area contributed by atoms with E-state index in [9.17, 15) is 4.39 Å². The first-order valence-corrected chi connectivity index (χ1v) is 5.71. The Kier molecular flexibility index (Phi) is 3.89. The Balaban J connectivity index is 2.02. The molecule has 17 heavy (non-hydrogen) atoms. The first-order valence-electron chi connectivity index (χ1n) is 5.71. The zero-order chi connectivity index (χ0) is 12.1. The molecule has 0 bridgehead atoms. The highest BCUT2D eigenvalue weighted by atomic mass is 19.1. The van der Waals surface area contributed by atoms with Crippen molar-refractivity contribution in [2.75, 3.05) is 0 Å². The third kappa shape index (κ3) is 3.14. The van der Waals surface area contributed by atoms with Crippen molar-refractivity contribution in [1.82, 2.24) is 0 Å². The second-order valence-electron chi connectivity index (χ2n) is 4.07. The Bertz CT molecular complexity index is 480. The van der Waals surface area contributed by atoms with Crippen molar-refractivity contribution >= 4 is 0 Å². The SMILES string of the molecule is OCc1ccc(CCc2ccccc2)cc1F. The normalized spacial score (nSPS) is 10.5. The monoisotopic (exact) mass is 230 g/mol. The van der Waals surface area contributed by atoms with Crippen LogP contribution in [0.3, 0.4) is 0 Å². The number of hydrogen-bond acceptors (Lipinski definition) is 1. The fraction of sp³-hybridized carbons (Fsp3) is 0.200. The maximum Gasteiger partial charge on any atom is 0.128 e. The number of rotatable bonds is 4. The van der Waals surface area contributed by atoms with Crippen LogP contribution < -0.4 is 0 Å². The van der Waals surface area contributed by atoms with E-state index in [4.69, 9.17) is 5.11 Å². The first-order chi connectivity index (χ1) is 8.29. The van der Waals surface area contributed by atoms with E-state index >= 15 is 0 Å². The molecule has 0 heterocycles. The molecule has 0 amide bonds. The lowest BCUT2D eigenvalue weighted by Crippen LogP contribution is -1.95. The van der Waals surface area contributed by atoms with E-state index in [2.05, 4.69) is 12.1 Å². The maximum atomic E-state index is 13.4. The molecule has 88 valence electrons. The van der Waals surface area contributed by atoms with E-state index in [0.717, 1.165) is 18.4 Å². The third-order valence-corrected chi connectivity index (χ3v) is 2.83. The summed E-state index contributed by atoms with van der Waals surface area (Å²) in [6, 6.07) is 15.2. The Morgan fingerprint density at radius 1 is 0.882 bits per heavy atom. The van der Waals surface area contributed by atoms with E-state index < -0.39 is 0 Å². The molecule has 0 aliphatic heterocycles. The Morgan fingerprint density at radius 3 is 2.24 bits per heavy atom. The smallest absolute Gasteiger partial charge is 0.128 e. The van der Waals surface area contributed by atoms with Gasteiger partial charge in [-0.25, -0.2) is 4.39 Å². The maximum absolute atomic E-state index is 13.4. The highest BCUT2D eigenvalue weighted by molar-refractivity contribution is 5.25. The molecule has 2 heteroatoms. The molecule has 0 atom stereocenters. The van der Waals surface area contributed by atoms with Crippen molar-refractivity contribution in [3.05, 3.63) is 71.0 Å². The molecule has 1 nitrogen and oxygen atoms in total. The lowest BCUT2D eigenvalue weighted by atomic mass is 10.0. The van der Waals surface area contributed by atoms with Crippen molar-refractivity contribution < 1.29 is 9.50 Å². The minimum atomic E-state index is -0.321. The second kappa shape index (κ2) is 5.60. The average Bonchev–Trinajstić information content (AvgIpc) is 2.38. The second-order valence-corrected chi connectivity index (χ2v) is 4.07. The van der Waals surface area contributed by atoms with Crippen LogP contribution in [0.4, 0.5) is 4.39 Å². The van der Waals surface area contributed by atoms with Gasteiger partial charge in [-0.15, -0.1) is 0 Å². The van der Waals surface area contributed by atoms with Crippen molar-refractivity contribution in [1.29, 1.82) is 0 Å². The molecule has 2 aromatic rings. The molecule has 0 fully saturated rings. The van der Waals surface area contributed by atoms with Gasteiger partial charge in [0.1, 0.15) is 5.82 Å². The summed E-state index contributed by atoms with van der Waals surface area (Å²) in [5.74, 6) is -0.321. The number of halogens is 1. The van der Waals surface area contributed by atoms with Crippen LogP contribution in [-0.4, -0.2) is 5.11 Å². The van der Waals surface area contributed by atoms with Crippen LogP contribution in [0.15, 0.2) is 48.5 Å². The molecule has 0 aliphatic carbocycles. The summed E-state index contributed by atoms with van der Waals surface area (Å²) < 4.78 is 13.4. The summed E-state index contributed by atoms with van der Waals surface area (Å²) in [4.78, 5) is 0. The predicted octanol–water partition coefficient (Wildman–Crippen LogP) is 3.10. The average molecular weight is 230 g/mol. The van der Waals surface area contributed by atoms with Gasteiger partial charge in [0.2, 0.25) is 0 Å². The van der Waals surface area contributed by atoms with Gasteiger partial charge in [0.15, 0.2) is 0 Å². The largest absolute Gasteiger partial charge is 0.392 e. The molecule has 0 radical (unpaired) electrons. The van der Waals surface area contributed by atoms with E-state index in [0.29, 0.717) is 5.56 Å². The van der Waals surface area contributed by atoms with Gasteiger partial charge in [0.05, 0.1) is 6.61 Å². The van der Waals surface area contributed by atoms with E-state index in [1.54, 1.807) is 6.07 Å². The van der Waals surface area contributed by atoms with Crippen LogP contribution in [0, 0.1) is 5.82 Å². The van der Waals surface area contributed by atoms with Crippen LogP contribution in [0.5, 0.6) is 0 Å². The zero-order valence-electron chi connectivity index (χ0n) is 9.57. The zero-order valence-corrected chi connectivity index (χ0v) is 9.57. The number of benzene rings is 2. The van der Waals surface area contributed by atoms with Gasteiger partial charge in [-0.05, 0) is 30.0 Å². The third-order valence-electron chi connectivity index (χ3n) is 2.83. The molecule has 1 N–H and O–H groups in total. The molecule has 2 rings (SSSR count). The molecule has 0 spiro atoms. The van der Waals surface area contributed by atoms with Crippen molar-refractivity contribution in [2.45, 2.75) is 19.4 Å². The number of hydrogen-bond donors (Lipinski definition) is 1. The number of aryl methyl sites for hydroxylation is 2. The van der Waals surface area contributed by atoms with Crippen molar-refractivity contribution in [2.24, 2.45) is 0 Å². The highest BCUT2D eigenvalue weighted by Gasteiger charge is 2.02. The minimum Gasteiger partial charge on any atom is -0.392 e. The Labute approximate surface area is 101 Å². The van der Waals surface area contributed by atoms with Gasteiger partial charge in [0.25, 0.3) is 0 Å². The number of aliphatic hydroxyl groups is 1. The lowest BCUT2D eigenvalue weighted by molar-refractivity contribution is 0.275. The summed E-state index contributed by atoms with van der Waals surface area (Å²) in [5.41, 5.74) is 2.57. The van der Waals surface area contributed by atoms with Crippen molar-refractivity contribution in [3.8, 4) is 0 Å². The van der Waals surface area contributed by atoms with Crippen molar-refractivity contribution in [3.63, 3.8) is 0 Å². The quantitative estimate of drug-likeness (QED) is 0.855.